The molecular formula is C54H86N8O11. The number of hydrogen-bond acceptors (Lipinski definition) is 12. The Kier molecular flexibility index (Phi) is 24.8. The first-order valence-corrected chi connectivity index (χ1v) is 25.7. The molecule has 0 saturated carbocycles. The molecule has 0 radical (unpaired) electrons. The molecule has 408 valence electrons. The van der Waals surface area contributed by atoms with Crippen molar-refractivity contribution in [2.75, 3.05) is 46.7 Å². The lowest BCUT2D eigenvalue weighted by atomic mass is 9.89. The molecule has 19 nitrogen and oxygen atoms in total. The molecule has 1 aliphatic heterocycles. The average molecular weight is 1020 g/mol. The Hall–Kier alpha value is -5.63. The summed E-state index contributed by atoms with van der Waals surface area (Å²) in [6.07, 6.45) is -1.16. The lowest BCUT2D eigenvalue weighted by Crippen LogP contribution is -2.60. The maximum atomic E-state index is 14.6. The van der Waals surface area contributed by atoms with Crippen molar-refractivity contribution in [2.45, 2.75) is 156 Å². The van der Waals surface area contributed by atoms with E-state index in [-0.39, 0.29) is 61.0 Å². The second-order valence-electron chi connectivity index (χ2n) is 20.6. The smallest absolute Gasteiger partial charge is 0.410 e. The normalized spacial score (nSPS) is 17.8. The number of amides is 7. The first-order chi connectivity index (χ1) is 34.4. The lowest BCUT2D eigenvalue weighted by molar-refractivity contribution is -0.148. The van der Waals surface area contributed by atoms with Crippen LogP contribution in [0.4, 0.5) is 10.5 Å². The second kappa shape index (κ2) is 29.3. The van der Waals surface area contributed by atoms with E-state index in [9.17, 15) is 38.7 Å². The van der Waals surface area contributed by atoms with Crippen molar-refractivity contribution < 1.29 is 52.9 Å². The zero-order valence-corrected chi connectivity index (χ0v) is 45.7. The number of methoxy groups -OCH3 is 2. The fraction of sp³-hybridized carbons (Fsp3) is 0.648. The number of anilines is 1. The van der Waals surface area contributed by atoms with Crippen LogP contribution >= 0.6 is 0 Å². The molecule has 2 aromatic rings. The number of nitrogens with one attached hydrogen (secondary N) is 4. The highest BCUT2D eigenvalue weighted by molar-refractivity contribution is 5.95. The van der Waals surface area contributed by atoms with Crippen molar-refractivity contribution in [3.05, 3.63) is 65.7 Å². The summed E-state index contributed by atoms with van der Waals surface area (Å²) in [5, 5.41) is 22.0. The van der Waals surface area contributed by atoms with E-state index in [1.54, 1.807) is 80.9 Å². The summed E-state index contributed by atoms with van der Waals surface area (Å²) in [6.45, 7) is 18.4. The molecule has 0 aliphatic carbocycles. The van der Waals surface area contributed by atoms with Crippen LogP contribution in [0.25, 0.3) is 0 Å². The van der Waals surface area contributed by atoms with Gasteiger partial charge in [-0.25, -0.2) is 4.79 Å². The van der Waals surface area contributed by atoms with Crippen LogP contribution in [-0.2, 0) is 49.6 Å². The maximum absolute atomic E-state index is 14.6. The van der Waals surface area contributed by atoms with Gasteiger partial charge in [-0.1, -0.05) is 111 Å². The Labute approximate surface area is 433 Å². The van der Waals surface area contributed by atoms with Gasteiger partial charge >= 0.3 is 6.09 Å². The number of carbonyl (C=O) groups is 7. The van der Waals surface area contributed by atoms with Gasteiger partial charge in [0.15, 0.2) is 0 Å². The molecule has 0 bridgehead atoms. The van der Waals surface area contributed by atoms with E-state index in [0.29, 0.717) is 42.6 Å². The first kappa shape index (κ1) is 61.7. The number of rotatable bonds is 27. The van der Waals surface area contributed by atoms with Gasteiger partial charge in [-0.15, -0.1) is 0 Å². The number of ether oxygens (including phenoxy) is 3. The van der Waals surface area contributed by atoms with Gasteiger partial charge in [0.25, 0.3) is 0 Å². The number of aliphatic hydroxyl groups is 1. The standard InChI is InChI=1S/C54H86N8O11/c1-15-34(8)47(41(71-13)28-43(64)62-27-19-22-40(62)49(72-14)35(9)50(66)57-36(10)48(65)38-20-17-16-18-21-38)60(11)53(69)45(32(4)5)59-52(68)46(33(6)7)61(12)54(70)73-30-37-23-25-39(26-24-37)58-42(63)29-56-51(67)44(55)31(2)3/h16-18,20-21,23-26,31-36,40-41,44-49,65H,15,19,22,27-30,55H2,1-14H3,(H,56,67)(H,57,66)(H,58,63)(H,59,68)/t34-,35+,36+,40-,41+,44-,45-,46-,47-,48+,49+/m0/s1. The van der Waals surface area contributed by atoms with Gasteiger partial charge in [0.05, 0.1) is 61.4 Å². The number of carbonyl (C=O) groups excluding carboxylic acids is 7. The lowest BCUT2D eigenvalue weighted by Gasteiger charge is -2.41. The third-order valence-electron chi connectivity index (χ3n) is 14.1. The van der Waals surface area contributed by atoms with Crippen molar-refractivity contribution in [1.29, 1.82) is 0 Å². The van der Waals surface area contributed by atoms with Crippen molar-refractivity contribution in [1.82, 2.24) is 30.7 Å². The number of likely N-dealkylation sites (N-methyl/N-ethyl adjacent to an activating group) is 2. The molecule has 1 fully saturated rings. The Balaban J connectivity index is 1.69. The minimum Gasteiger partial charge on any atom is -0.445 e. The molecule has 0 unspecified atom stereocenters. The molecule has 1 saturated heterocycles. The molecule has 7 N–H and O–H groups in total. The van der Waals surface area contributed by atoms with Crippen LogP contribution in [0, 0.1) is 29.6 Å². The molecule has 7 amide bonds. The Morgan fingerprint density at radius 2 is 1.42 bits per heavy atom. The van der Waals surface area contributed by atoms with Crippen LogP contribution in [0.15, 0.2) is 54.6 Å². The first-order valence-electron chi connectivity index (χ1n) is 25.7. The predicted molar refractivity (Wildman–Crippen MR) is 279 cm³/mol. The van der Waals surface area contributed by atoms with Gasteiger partial charge in [-0.05, 0) is 66.7 Å². The Morgan fingerprint density at radius 1 is 0.795 bits per heavy atom. The van der Waals surface area contributed by atoms with E-state index in [1.165, 1.54) is 26.2 Å². The fourth-order valence-electron chi connectivity index (χ4n) is 9.42. The van der Waals surface area contributed by atoms with Gasteiger partial charge in [0.2, 0.25) is 35.4 Å². The predicted octanol–water partition coefficient (Wildman–Crippen LogP) is 4.62. The molecular weight excluding hydrogens is 937 g/mol. The van der Waals surface area contributed by atoms with Crippen molar-refractivity contribution in [2.24, 2.45) is 35.3 Å². The number of likely N-dealkylation sites (tertiary alicyclic amines) is 1. The Morgan fingerprint density at radius 3 is 1.97 bits per heavy atom. The maximum Gasteiger partial charge on any atom is 0.410 e. The highest BCUT2D eigenvalue weighted by Crippen LogP contribution is 2.30. The van der Waals surface area contributed by atoms with Crippen LogP contribution in [0.2, 0.25) is 0 Å². The monoisotopic (exact) mass is 1020 g/mol. The highest BCUT2D eigenvalue weighted by atomic mass is 16.6. The zero-order valence-electron chi connectivity index (χ0n) is 45.7. The summed E-state index contributed by atoms with van der Waals surface area (Å²) in [7, 11) is 6.15. The van der Waals surface area contributed by atoms with Crippen LogP contribution in [-0.4, -0.2) is 151 Å². The number of aliphatic hydroxyl groups excluding tert-OH is 1. The average Bonchev–Trinajstić information content (AvgIpc) is 3.85. The van der Waals surface area contributed by atoms with Crippen LogP contribution in [0.1, 0.15) is 112 Å². The van der Waals surface area contributed by atoms with Crippen molar-refractivity contribution >= 4 is 47.2 Å². The SMILES string of the molecule is CC[C@H](C)[C@@H]([C@@H](CC(=O)N1CCC[C@H]1[C@H](OC)[C@@H](C)C(=O)N[C@H](C)[C@@H](O)c1ccccc1)OC)N(C)C(=O)[C@@H](NC(=O)[C@H](C(C)C)N(C)C(=O)OCc1ccc(NC(=O)CNC(=O)[C@@H](N)C(C)C)cc1)C(C)C. The summed E-state index contributed by atoms with van der Waals surface area (Å²) >= 11 is 0. The van der Waals surface area contributed by atoms with E-state index in [1.807, 2.05) is 59.7 Å². The van der Waals surface area contributed by atoms with E-state index in [2.05, 4.69) is 21.3 Å². The summed E-state index contributed by atoms with van der Waals surface area (Å²) in [5.41, 5.74) is 7.60. The topological polar surface area (TPSA) is 251 Å². The number of nitrogens with two attached hydrogens (primary N) is 1. The molecule has 2 aromatic carbocycles. The minimum absolute atomic E-state index is 0.0613. The fourth-order valence-corrected chi connectivity index (χ4v) is 9.42. The summed E-state index contributed by atoms with van der Waals surface area (Å²) < 4.78 is 17.6. The second-order valence-corrected chi connectivity index (χ2v) is 20.6. The summed E-state index contributed by atoms with van der Waals surface area (Å²) in [6, 6.07) is 11.4. The molecule has 11 atom stereocenters. The quantitative estimate of drug-likeness (QED) is 0.0718. The van der Waals surface area contributed by atoms with Crippen LogP contribution in [0.5, 0.6) is 0 Å². The van der Waals surface area contributed by atoms with Gasteiger partial charge in [0.1, 0.15) is 18.7 Å². The van der Waals surface area contributed by atoms with Gasteiger partial charge in [0, 0.05) is 40.5 Å². The van der Waals surface area contributed by atoms with Gasteiger partial charge < -0.3 is 56.1 Å². The van der Waals surface area contributed by atoms with Gasteiger partial charge in [-0.2, -0.15) is 0 Å². The van der Waals surface area contributed by atoms with E-state index >= 15 is 0 Å². The van der Waals surface area contributed by atoms with E-state index < -0.39 is 84.3 Å². The minimum atomic E-state index is -1.02. The highest BCUT2D eigenvalue weighted by Gasteiger charge is 2.44. The molecule has 73 heavy (non-hydrogen) atoms. The molecule has 19 heteroatoms. The molecule has 0 aromatic heterocycles. The largest absolute Gasteiger partial charge is 0.445 e. The van der Waals surface area contributed by atoms with Crippen molar-refractivity contribution in [3.8, 4) is 0 Å². The Bertz CT molecular complexity index is 2110. The van der Waals surface area contributed by atoms with Crippen LogP contribution < -0.4 is 27.0 Å². The number of nitrogens with zero attached hydrogens (tertiary/aromatic N) is 3. The zero-order chi connectivity index (χ0) is 54.9. The van der Waals surface area contributed by atoms with Gasteiger partial charge in [-0.3, -0.25) is 33.7 Å². The third-order valence-corrected chi connectivity index (χ3v) is 14.1. The molecule has 0 spiro atoms. The van der Waals surface area contributed by atoms with E-state index in [0.717, 1.165) is 0 Å². The van der Waals surface area contributed by atoms with Crippen molar-refractivity contribution in [3.63, 3.8) is 0 Å². The third kappa shape index (κ3) is 17.2. The number of hydrogen-bond donors (Lipinski definition) is 6. The summed E-state index contributed by atoms with van der Waals surface area (Å²) in [5.74, 6) is -3.96. The molecule has 3 rings (SSSR count). The summed E-state index contributed by atoms with van der Waals surface area (Å²) in [4.78, 5) is 99.3. The molecule has 1 aliphatic rings. The van der Waals surface area contributed by atoms with Crippen LogP contribution in [0.3, 0.4) is 0 Å². The molecule has 1 heterocycles. The number of benzene rings is 2. The van der Waals surface area contributed by atoms with E-state index in [4.69, 9.17) is 19.9 Å².